The van der Waals surface area contributed by atoms with Crippen LogP contribution in [0.5, 0.6) is 0 Å². The van der Waals surface area contributed by atoms with Crippen LogP contribution in [-0.4, -0.2) is 68.0 Å². The first-order chi connectivity index (χ1) is 23.0. The summed E-state index contributed by atoms with van der Waals surface area (Å²) in [5, 5.41) is 16.0. The number of aliphatic hydroxyl groups excluding tert-OH is 1. The van der Waals surface area contributed by atoms with E-state index >= 15 is 4.11 Å². The van der Waals surface area contributed by atoms with Crippen LogP contribution in [0.25, 0.3) is 0 Å². The Bertz CT molecular complexity index is 1630. The lowest BCUT2D eigenvalue weighted by molar-refractivity contribution is -0.150. The highest BCUT2D eigenvalue weighted by Gasteiger charge is 2.67. The summed E-state index contributed by atoms with van der Waals surface area (Å²) in [6, 6.07) is 24.3. The van der Waals surface area contributed by atoms with Gasteiger partial charge in [-0.3, -0.25) is 14.4 Å². The van der Waals surface area contributed by atoms with Crippen LogP contribution in [0.4, 0.5) is 15.5 Å². The summed E-state index contributed by atoms with van der Waals surface area (Å²) in [7, 11) is -3.54. The summed E-state index contributed by atoms with van der Waals surface area (Å²) in [4.78, 5) is 45.0. The molecule has 48 heavy (non-hydrogen) atoms. The standard InChI is InChI=1S/C37H45FN4O5Si/c1-25-34(48(2,3)38)32(22-33(44)41(19-20-43)23-26-11-6-4-7-12-26)47-37(25)29-21-28(40-35(45)30-15-10-18-39-30)16-17-31(29)42(36(37)46)24-27-13-8-5-9-14-27/h4-9,11-14,16-17,21,25,30,32,34,39,43H,10,15,18-20,22-24H2,1-3H3,(H,40,45)/t25-,30-,32+,34-,37+/m1/s1. The van der Waals surface area contributed by atoms with Gasteiger partial charge in [-0.1, -0.05) is 67.6 Å². The number of anilines is 2. The third-order valence-electron chi connectivity index (χ3n) is 10.1. The molecule has 2 fully saturated rings. The number of hydrogen-bond donors (Lipinski definition) is 3. The molecule has 254 valence electrons. The Kier molecular flexibility index (Phi) is 9.85. The maximum atomic E-state index is 16.5. The van der Waals surface area contributed by atoms with Crippen LogP contribution in [0, 0.1) is 5.92 Å². The van der Waals surface area contributed by atoms with Gasteiger partial charge in [0.2, 0.25) is 20.2 Å². The minimum atomic E-state index is -3.54. The van der Waals surface area contributed by atoms with Crippen molar-refractivity contribution in [2.24, 2.45) is 5.92 Å². The highest BCUT2D eigenvalue weighted by molar-refractivity contribution is 6.72. The monoisotopic (exact) mass is 672 g/mol. The predicted octanol–water partition coefficient (Wildman–Crippen LogP) is 5.11. The third kappa shape index (κ3) is 6.56. The van der Waals surface area contributed by atoms with Crippen molar-refractivity contribution in [2.75, 3.05) is 29.9 Å². The van der Waals surface area contributed by atoms with Gasteiger partial charge >= 0.3 is 0 Å². The molecule has 3 aromatic carbocycles. The van der Waals surface area contributed by atoms with E-state index in [4.69, 9.17) is 4.74 Å². The molecule has 0 saturated carbocycles. The fourth-order valence-electron chi connectivity index (χ4n) is 7.90. The van der Waals surface area contributed by atoms with Crippen LogP contribution in [-0.2, 0) is 37.8 Å². The largest absolute Gasteiger partial charge is 0.395 e. The van der Waals surface area contributed by atoms with Gasteiger partial charge in [-0.25, -0.2) is 0 Å². The molecule has 3 aromatic rings. The van der Waals surface area contributed by atoms with Crippen molar-refractivity contribution in [2.45, 2.75) is 75.7 Å². The van der Waals surface area contributed by atoms with Gasteiger partial charge < -0.3 is 34.4 Å². The van der Waals surface area contributed by atoms with Crippen LogP contribution in [0.2, 0.25) is 18.6 Å². The number of halogens is 1. The summed E-state index contributed by atoms with van der Waals surface area (Å²) in [5.74, 6) is -1.32. The van der Waals surface area contributed by atoms with Crippen molar-refractivity contribution in [1.82, 2.24) is 10.2 Å². The molecule has 5 atom stereocenters. The molecule has 2 saturated heterocycles. The topological polar surface area (TPSA) is 111 Å². The third-order valence-corrected chi connectivity index (χ3v) is 12.6. The zero-order valence-electron chi connectivity index (χ0n) is 27.8. The molecule has 9 nitrogen and oxygen atoms in total. The fraction of sp³-hybridized carbons (Fsp3) is 0.432. The highest BCUT2D eigenvalue weighted by atomic mass is 28.4. The Morgan fingerprint density at radius 3 is 2.40 bits per heavy atom. The molecule has 3 heterocycles. The highest BCUT2D eigenvalue weighted by Crippen LogP contribution is 2.60. The van der Waals surface area contributed by atoms with Crippen LogP contribution < -0.4 is 15.5 Å². The second kappa shape index (κ2) is 13.9. The molecular formula is C37H45FN4O5Si. The van der Waals surface area contributed by atoms with Crippen molar-refractivity contribution >= 4 is 37.5 Å². The van der Waals surface area contributed by atoms with E-state index in [0.29, 0.717) is 23.5 Å². The summed E-state index contributed by atoms with van der Waals surface area (Å²) in [6.07, 6.45) is 0.667. The minimum Gasteiger partial charge on any atom is -0.395 e. The average molecular weight is 673 g/mol. The Labute approximate surface area is 282 Å². The second-order valence-electron chi connectivity index (χ2n) is 13.7. The van der Waals surface area contributed by atoms with Gasteiger partial charge in [0, 0.05) is 35.8 Å². The first-order valence-electron chi connectivity index (χ1n) is 16.9. The Balaban J connectivity index is 1.37. The van der Waals surface area contributed by atoms with Gasteiger partial charge in [-0.05, 0) is 61.8 Å². The second-order valence-corrected chi connectivity index (χ2v) is 17.5. The van der Waals surface area contributed by atoms with Crippen molar-refractivity contribution in [1.29, 1.82) is 0 Å². The van der Waals surface area contributed by atoms with E-state index in [1.165, 1.54) is 0 Å². The van der Waals surface area contributed by atoms with Crippen LogP contribution in [0.15, 0.2) is 78.9 Å². The molecule has 11 heteroatoms. The molecule has 0 radical (unpaired) electrons. The van der Waals surface area contributed by atoms with Gasteiger partial charge in [0.25, 0.3) is 5.91 Å². The lowest BCUT2D eigenvalue weighted by atomic mass is 9.82. The Morgan fingerprint density at radius 2 is 1.77 bits per heavy atom. The predicted molar refractivity (Wildman–Crippen MR) is 185 cm³/mol. The van der Waals surface area contributed by atoms with Gasteiger partial charge in [0.05, 0.1) is 37.4 Å². The van der Waals surface area contributed by atoms with E-state index in [1.54, 1.807) is 35.0 Å². The number of rotatable bonds is 11. The van der Waals surface area contributed by atoms with Gasteiger partial charge in [0.1, 0.15) is 0 Å². The van der Waals surface area contributed by atoms with Gasteiger partial charge in [-0.2, -0.15) is 0 Å². The van der Waals surface area contributed by atoms with E-state index in [9.17, 15) is 19.5 Å². The van der Waals surface area contributed by atoms with E-state index < -0.39 is 31.6 Å². The SMILES string of the molecule is C[C@@H]1[C@@H]([Si](C)(C)F)[C@H](CC(=O)N(CCO)Cc2ccccc2)O[C@@]12C(=O)N(Cc1ccccc1)c1ccc(NC(=O)[C@H]3CCCN3)cc12. The number of nitrogens with zero attached hydrogens (tertiary/aromatic N) is 2. The number of aliphatic hydroxyl groups is 1. The number of fused-ring (bicyclic) bond motifs is 2. The van der Waals surface area contributed by atoms with Crippen molar-refractivity contribution in [3.05, 3.63) is 95.6 Å². The molecule has 3 aliphatic rings. The summed E-state index contributed by atoms with van der Waals surface area (Å²) >= 11 is 0. The number of carbonyl (C=O) groups excluding carboxylic acids is 3. The molecule has 3 aliphatic heterocycles. The van der Waals surface area contributed by atoms with Crippen molar-refractivity contribution in [3.63, 3.8) is 0 Å². The summed E-state index contributed by atoms with van der Waals surface area (Å²) < 4.78 is 23.3. The number of carbonyl (C=O) groups is 3. The van der Waals surface area contributed by atoms with E-state index in [0.717, 1.165) is 30.5 Å². The van der Waals surface area contributed by atoms with E-state index in [-0.39, 0.29) is 49.9 Å². The molecule has 0 aliphatic carbocycles. The molecule has 3 amide bonds. The van der Waals surface area contributed by atoms with Crippen LogP contribution >= 0.6 is 0 Å². The van der Waals surface area contributed by atoms with Crippen LogP contribution in [0.3, 0.4) is 0 Å². The van der Waals surface area contributed by atoms with Gasteiger partial charge in [0.15, 0.2) is 5.60 Å². The van der Waals surface area contributed by atoms with Crippen molar-refractivity contribution in [3.8, 4) is 0 Å². The molecule has 3 N–H and O–H groups in total. The zero-order valence-corrected chi connectivity index (χ0v) is 28.8. The minimum absolute atomic E-state index is 0.119. The van der Waals surface area contributed by atoms with Gasteiger partial charge in [-0.15, -0.1) is 0 Å². The molecule has 6 rings (SSSR count). The number of hydrogen-bond acceptors (Lipinski definition) is 6. The normalized spacial score (nSPS) is 25.0. The molecule has 1 spiro atoms. The molecule has 0 aromatic heterocycles. The number of ether oxygens (including phenoxy) is 1. The molecule has 0 bridgehead atoms. The quantitative estimate of drug-likeness (QED) is 0.193. The molecule has 0 unspecified atom stereocenters. The van der Waals surface area contributed by atoms with Crippen molar-refractivity contribution < 1.29 is 28.3 Å². The first kappa shape index (κ1) is 34.0. The number of amides is 3. The molecular weight excluding hydrogens is 628 g/mol. The van der Waals surface area contributed by atoms with Crippen LogP contribution in [0.1, 0.15) is 42.9 Å². The Morgan fingerprint density at radius 1 is 1.08 bits per heavy atom. The summed E-state index contributed by atoms with van der Waals surface area (Å²) in [6.45, 7) is 6.34. The van der Waals surface area contributed by atoms with E-state index in [2.05, 4.69) is 10.6 Å². The lowest BCUT2D eigenvalue weighted by Gasteiger charge is -2.31. The lowest BCUT2D eigenvalue weighted by Crippen LogP contribution is -2.45. The first-order valence-corrected chi connectivity index (χ1v) is 19.8. The number of benzene rings is 3. The Hall–Kier alpha value is -3.90. The zero-order chi connectivity index (χ0) is 34.1. The maximum absolute atomic E-state index is 16.5. The van der Waals surface area contributed by atoms with E-state index in [1.807, 2.05) is 73.7 Å². The fourth-order valence-corrected chi connectivity index (χ4v) is 10.4. The number of nitrogens with one attached hydrogen (secondary N) is 2. The average Bonchev–Trinajstić information content (AvgIpc) is 3.76. The smallest absolute Gasteiger partial charge is 0.264 e. The maximum Gasteiger partial charge on any atom is 0.264 e. The summed E-state index contributed by atoms with van der Waals surface area (Å²) in [5.41, 5.74) is 1.35.